The van der Waals surface area contributed by atoms with E-state index in [-0.39, 0.29) is 23.2 Å². The number of anilines is 3. The summed E-state index contributed by atoms with van der Waals surface area (Å²) in [6.45, 7) is 39.2. The van der Waals surface area contributed by atoms with E-state index in [0.29, 0.717) is 91.1 Å². The van der Waals surface area contributed by atoms with Crippen molar-refractivity contribution >= 4 is 28.8 Å². The Morgan fingerprint density at radius 2 is 0.875 bits per heavy atom. The Bertz CT molecular complexity index is 2720. The van der Waals surface area contributed by atoms with Gasteiger partial charge in [0.15, 0.2) is 23.1 Å². The summed E-state index contributed by atoms with van der Waals surface area (Å²) in [5, 5.41) is 11.4. The number of nitrogens with one attached hydrogen (secondary N) is 3. The quantitative estimate of drug-likeness (QED) is 0.0614. The fourth-order valence-corrected chi connectivity index (χ4v) is 10.6. The van der Waals surface area contributed by atoms with E-state index in [1.807, 2.05) is 77.2 Å². The third kappa shape index (κ3) is 27.2. The first kappa shape index (κ1) is 75.4. The molecular weight excluding hydrogens is 1130 g/mol. The van der Waals surface area contributed by atoms with Crippen molar-refractivity contribution in [2.45, 2.75) is 195 Å². The van der Waals surface area contributed by atoms with Crippen LogP contribution in [0.5, 0.6) is 11.5 Å². The number of hydrogen-bond donors (Lipinski definition) is 3. The van der Waals surface area contributed by atoms with Gasteiger partial charge in [0, 0.05) is 76.2 Å². The summed E-state index contributed by atoms with van der Waals surface area (Å²) in [5.41, 5.74) is 7.37. The van der Waals surface area contributed by atoms with Gasteiger partial charge in [0.25, 0.3) is 0 Å². The van der Waals surface area contributed by atoms with Crippen molar-refractivity contribution in [1.29, 1.82) is 0 Å². The maximum absolute atomic E-state index is 14.1. The predicted octanol–water partition coefficient (Wildman–Crippen LogP) is 17.6. The zero-order valence-electron chi connectivity index (χ0n) is 57.2. The van der Waals surface area contributed by atoms with Gasteiger partial charge in [-0.3, -0.25) is 0 Å². The number of hydrogen-bond acceptors (Lipinski definition) is 11. The van der Waals surface area contributed by atoms with Crippen molar-refractivity contribution in [3.05, 3.63) is 141 Å². The lowest BCUT2D eigenvalue weighted by Crippen LogP contribution is -2.42. The van der Waals surface area contributed by atoms with Crippen molar-refractivity contribution < 1.29 is 27.4 Å². The van der Waals surface area contributed by atoms with Crippen LogP contribution in [0.4, 0.5) is 30.4 Å². The zero-order valence-corrected chi connectivity index (χ0v) is 58.0. The first-order chi connectivity index (χ1) is 41.7. The molecule has 0 bridgehead atoms. The van der Waals surface area contributed by atoms with Crippen LogP contribution in [-0.4, -0.2) is 149 Å². The molecule has 88 heavy (non-hydrogen) atoms. The molecule has 5 aromatic rings. The average molecular weight is 1240 g/mol. The first-order valence-corrected chi connectivity index (χ1v) is 33.1. The Hall–Kier alpha value is -5.09. The van der Waals surface area contributed by atoms with Gasteiger partial charge >= 0.3 is 0 Å². The maximum Gasteiger partial charge on any atom is 0.165 e. The molecule has 492 valence electrons. The van der Waals surface area contributed by atoms with Gasteiger partial charge in [-0.25, -0.2) is 18.2 Å². The fraction of sp³-hybridized carbons (Fsp3) is 0.603. The number of benzene rings is 4. The molecule has 0 spiro atoms. The highest BCUT2D eigenvalue weighted by Crippen LogP contribution is 2.30. The summed E-state index contributed by atoms with van der Waals surface area (Å²) in [6.07, 6.45) is 8.98. The number of rotatable bonds is 21. The van der Waals surface area contributed by atoms with Gasteiger partial charge in [-0.1, -0.05) is 111 Å². The molecule has 0 radical (unpaired) electrons. The molecule has 4 aromatic carbocycles. The molecule has 8 rings (SSSR count). The van der Waals surface area contributed by atoms with Crippen molar-refractivity contribution in [1.82, 2.24) is 24.6 Å². The monoisotopic (exact) mass is 1240 g/mol. The van der Waals surface area contributed by atoms with E-state index < -0.39 is 0 Å². The van der Waals surface area contributed by atoms with Crippen LogP contribution in [-0.2, 0) is 4.74 Å². The summed E-state index contributed by atoms with van der Waals surface area (Å²) in [6, 6.07) is 29.3. The van der Waals surface area contributed by atoms with Gasteiger partial charge < -0.3 is 49.8 Å². The summed E-state index contributed by atoms with van der Waals surface area (Å²) >= 11 is 6.35. The first-order valence-electron chi connectivity index (χ1n) is 32.7. The van der Waals surface area contributed by atoms with E-state index in [1.54, 1.807) is 31.4 Å². The van der Waals surface area contributed by atoms with Crippen LogP contribution in [0.3, 0.4) is 0 Å². The van der Waals surface area contributed by atoms with Gasteiger partial charge in [-0.2, -0.15) is 0 Å². The Morgan fingerprint density at radius 1 is 0.489 bits per heavy atom. The van der Waals surface area contributed by atoms with E-state index in [1.165, 1.54) is 69.1 Å². The van der Waals surface area contributed by atoms with Gasteiger partial charge in [-0.15, -0.1) is 0 Å². The Morgan fingerprint density at radius 3 is 1.26 bits per heavy atom. The van der Waals surface area contributed by atoms with Crippen LogP contribution >= 0.6 is 11.6 Å². The van der Waals surface area contributed by atoms with Crippen LogP contribution < -0.4 is 25.4 Å². The molecule has 3 saturated heterocycles. The highest BCUT2D eigenvalue weighted by Gasteiger charge is 2.23. The smallest absolute Gasteiger partial charge is 0.165 e. The molecular formula is C73H114ClF3N8O3. The van der Waals surface area contributed by atoms with Gasteiger partial charge in [0.1, 0.15) is 24.8 Å². The second kappa shape index (κ2) is 39.2. The van der Waals surface area contributed by atoms with Gasteiger partial charge in [0.2, 0.25) is 0 Å². The Kier molecular flexibility index (Phi) is 33.6. The van der Waals surface area contributed by atoms with Crippen molar-refractivity contribution in [3.63, 3.8) is 0 Å². The molecule has 0 amide bonds. The minimum atomic E-state index is -0.308. The number of methoxy groups -OCH3 is 1. The lowest BCUT2D eigenvalue weighted by Gasteiger charge is -2.35. The molecule has 4 heterocycles. The molecule has 3 N–H and O–H groups in total. The number of likely N-dealkylation sites (N-methyl/N-ethyl adjacent to an activating group) is 1. The van der Waals surface area contributed by atoms with Crippen molar-refractivity contribution in [2.75, 3.05) is 110 Å². The predicted molar refractivity (Wildman–Crippen MR) is 368 cm³/mol. The molecule has 1 aromatic heterocycles. The standard InChI is InChI=1S/C17H27FN2.C16H27N3.C15H23ClN2.C13H20FNO.C12H17FO2/c1-12(2)14-5-6-17(16(18)11-14)19-15-7-9-20(10-8-15)13(3)4;1-12(2)14-5-6-16(17-11-14)18-15-7-9-19(10-8-15)13(3)4;1-11(2)12-4-5-15(14(16)10-12)17-13-6-8-18(3)9-7-13;1-10(2)11-5-6-13(12(14)9-11)16-8-7-15(3)4;1-9(2)10-4-5-12(11(13)8-10)15-7-6-14-3/h5-6,11-13,15,19H,7-10H2,1-4H3;5-6,11-13,15H,7-10H2,1-4H3,(H,17,18);4-5,10-11,13,17H,6-9H2,1-3H3;5-6,9-10H,7-8H2,1-4H3;4-5,8-9H,6-7H2,1-3H3. The minimum Gasteiger partial charge on any atom is -0.489 e. The van der Waals surface area contributed by atoms with E-state index in [4.69, 9.17) is 25.8 Å². The number of pyridine rings is 1. The van der Waals surface area contributed by atoms with Crippen LogP contribution in [0, 0.1) is 17.5 Å². The van der Waals surface area contributed by atoms with Crippen LogP contribution in [0.1, 0.15) is 193 Å². The molecule has 0 atom stereocenters. The van der Waals surface area contributed by atoms with Crippen molar-refractivity contribution in [2.24, 2.45) is 0 Å². The van der Waals surface area contributed by atoms with E-state index in [9.17, 15) is 13.2 Å². The van der Waals surface area contributed by atoms with Crippen LogP contribution in [0.25, 0.3) is 0 Å². The molecule has 0 aliphatic carbocycles. The third-order valence-electron chi connectivity index (χ3n) is 16.7. The van der Waals surface area contributed by atoms with Crippen LogP contribution in [0.15, 0.2) is 91.1 Å². The Labute approximate surface area is 536 Å². The summed E-state index contributed by atoms with van der Waals surface area (Å²) in [5.74, 6) is 3.06. The molecule has 3 aliphatic rings. The van der Waals surface area contributed by atoms with E-state index >= 15 is 0 Å². The van der Waals surface area contributed by atoms with Crippen LogP contribution in [0.2, 0.25) is 5.02 Å². The topological polar surface area (TPSA) is 89.6 Å². The molecule has 0 unspecified atom stereocenters. The summed E-state index contributed by atoms with van der Waals surface area (Å²) in [7, 11) is 7.69. The third-order valence-corrected chi connectivity index (χ3v) is 17.0. The SMILES string of the molecule is CC(C)c1ccc(NC2CCN(C(C)C)CC2)c(F)c1.CC(C)c1ccc(NC2CCN(C(C)C)CC2)nc1.CC(C)c1ccc(NC2CCN(C)CC2)c(Cl)c1.CC(C)c1ccc(OCCN(C)C)c(F)c1.COCCOc1ccc(C(C)C)cc1F. The molecule has 15 heteroatoms. The average Bonchev–Trinajstić information content (AvgIpc) is 3.66. The second-order valence-corrected chi connectivity index (χ2v) is 26.8. The summed E-state index contributed by atoms with van der Waals surface area (Å²) in [4.78, 5) is 13.9. The lowest BCUT2D eigenvalue weighted by molar-refractivity contribution is 0.144. The molecule has 3 aliphatic heterocycles. The van der Waals surface area contributed by atoms with E-state index in [2.05, 4.69) is 142 Å². The molecule has 3 fully saturated rings. The highest BCUT2D eigenvalue weighted by atomic mass is 35.5. The number of ether oxygens (including phenoxy) is 3. The largest absolute Gasteiger partial charge is 0.489 e. The van der Waals surface area contributed by atoms with Gasteiger partial charge in [0.05, 0.1) is 23.0 Å². The van der Waals surface area contributed by atoms with Crippen molar-refractivity contribution in [3.8, 4) is 11.5 Å². The zero-order chi connectivity index (χ0) is 65.0. The Balaban J connectivity index is 0.000000236. The second-order valence-electron chi connectivity index (χ2n) is 26.4. The number of likely N-dealkylation sites (tertiary alicyclic amines) is 3. The normalized spacial score (nSPS) is 15.6. The number of nitrogens with zero attached hydrogens (tertiary/aromatic N) is 5. The fourth-order valence-electron chi connectivity index (χ4n) is 10.3. The minimum absolute atomic E-state index is 0.123. The number of aromatic nitrogens is 1. The molecule has 0 saturated carbocycles. The molecule has 11 nitrogen and oxygen atoms in total. The highest BCUT2D eigenvalue weighted by molar-refractivity contribution is 6.33. The number of halogens is 4. The lowest BCUT2D eigenvalue weighted by atomic mass is 10.0. The maximum atomic E-state index is 14.1. The number of piperidine rings is 3. The van der Waals surface area contributed by atoms with E-state index in [0.717, 1.165) is 65.7 Å². The summed E-state index contributed by atoms with van der Waals surface area (Å²) < 4.78 is 56.6. The van der Waals surface area contributed by atoms with Gasteiger partial charge in [-0.05, 0) is 212 Å².